The van der Waals surface area contributed by atoms with Gasteiger partial charge in [0.1, 0.15) is 0 Å². The van der Waals surface area contributed by atoms with Crippen LogP contribution in [-0.2, 0) is 0 Å². The monoisotopic (exact) mass is 74.0 g/mol. The van der Waals surface area contributed by atoms with Gasteiger partial charge in [-0.15, -0.1) is 0 Å². The fourth-order valence-electron chi connectivity index (χ4n) is 0. The van der Waals surface area contributed by atoms with E-state index in [2.05, 4.69) is 0 Å². The molecule has 0 saturated carbocycles. The molecule has 1 unspecified atom stereocenters. The van der Waals surface area contributed by atoms with E-state index in [0.29, 0.717) is 0 Å². The Kier molecular flexibility index (Phi) is 2.00. The van der Waals surface area contributed by atoms with Gasteiger partial charge in [-0.05, 0) is 4.97 Å². The predicted octanol–water partition coefficient (Wildman–Crippen LogP) is -1.04. The third-order valence-corrected chi connectivity index (χ3v) is 0. The largest absolute Gasteiger partial charge is 0.409 e. The van der Waals surface area contributed by atoms with Crippen LogP contribution in [0.4, 0.5) is 0 Å². The summed E-state index contributed by atoms with van der Waals surface area (Å²) in [5.74, 6) is 0. The second-order valence-corrected chi connectivity index (χ2v) is 2.76. The van der Waals surface area contributed by atoms with E-state index < -0.39 is 0 Å². The molecule has 0 saturated heterocycles. The van der Waals surface area contributed by atoms with Gasteiger partial charge in [0.25, 0.3) is 16.3 Å². The van der Waals surface area contributed by atoms with Crippen LogP contribution >= 0.6 is 0 Å². The molecule has 1 atom stereocenters. The van der Waals surface area contributed by atoms with Crippen LogP contribution in [0.1, 0.15) is 6.92 Å². The maximum atomic E-state index is 8.12. The first-order chi connectivity index (χ1) is 1.73. The van der Waals surface area contributed by atoms with Gasteiger partial charge in [-0.1, -0.05) is 6.92 Å². The van der Waals surface area contributed by atoms with Crippen LogP contribution in [0, 0.1) is 0 Å². The van der Waals surface area contributed by atoms with Crippen molar-refractivity contribution in [2.45, 2.75) is 11.9 Å². The molecule has 0 aliphatic heterocycles. The first-order valence-electron chi connectivity index (χ1n) is 1.41. The lowest BCUT2D eigenvalue weighted by Gasteiger charge is -1.79. The Morgan fingerprint density at radius 1 is 2.00 bits per heavy atom. The van der Waals surface area contributed by atoms with E-state index in [0.717, 1.165) is 16.3 Å². The molecular formula is C2H7AlO. The third-order valence-electron chi connectivity index (χ3n) is 0. The van der Waals surface area contributed by atoms with Gasteiger partial charge in [0.05, 0.1) is 0 Å². The molecule has 4 heavy (non-hydrogen) atoms. The molecule has 0 heterocycles. The Hall–Kier alpha value is 0.492. The minimum absolute atomic E-state index is 0.0278. The summed E-state index contributed by atoms with van der Waals surface area (Å²) in [6.07, 6.45) is 0. The van der Waals surface area contributed by atoms with Gasteiger partial charge in [-0.3, -0.25) is 0 Å². The summed E-state index contributed by atoms with van der Waals surface area (Å²) in [6.45, 7) is 1.78. The number of hydrogen-bond donors (Lipinski definition) is 1. The summed E-state index contributed by atoms with van der Waals surface area (Å²) in [5, 5.41) is 8.12. The summed E-state index contributed by atoms with van der Waals surface area (Å²) < 4.78 is 0. The number of aliphatic hydroxyl groups excluding tert-OH is 1. The Labute approximate surface area is 34.1 Å². The molecule has 0 aromatic carbocycles. The summed E-state index contributed by atoms with van der Waals surface area (Å²) in [5.41, 5.74) is 0. The maximum absolute atomic E-state index is 8.12. The molecule has 0 amide bonds. The van der Waals surface area contributed by atoms with E-state index in [1.807, 2.05) is 0 Å². The summed E-state index contributed by atoms with van der Waals surface area (Å²) in [6, 6.07) is 0. The quantitative estimate of drug-likeness (QED) is 0.364. The first kappa shape index (κ1) is 4.49. The van der Waals surface area contributed by atoms with Crippen molar-refractivity contribution >= 4 is 16.3 Å². The van der Waals surface area contributed by atoms with Crippen molar-refractivity contribution in [3.8, 4) is 0 Å². The molecule has 2 heteroatoms. The van der Waals surface area contributed by atoms with Crippen molar-refractivity contribution in [1.82, 2.24) is 0 Å². The van der Waals surface area contributed by atoms with Crippen molar-refractivity contribution < 1.29 is 5.11 Å². The van der Waals surface area contributed by atoms with E-state index in [-0.39, 0.29) is 4.97 Å². The zero-order valence-corrected chi connectivity index (χ0v) is 5.02. The van der Waals surface area contributed by atoms with E-state index >= 15 is 0 Å². The maximum Gasteiger partial charge on any atom is 0.257 e. The van der Waals surface area contributed by atoms with Crippen LogP contribution in [-0.4, -0.2) is 26.4 Å². The molecule has 0 rings (SSSR count). The van der Waals surface area contributed by atoms with Crippen molar-refractivity contribution in [1.29, 1.82) is 0 Å². The van der Waals surface area contributed by atoms with Gasteiger partial charge in [-0.2, -0.15) is 0 Å². The Bertz CT molecular complexity index is 10.8. The smallest absolute Gasteiger partial charge is 0.257 e. The lowest BCUT2D eigenvalue weighted by Crippen LogP contribution is -1.94. The molecule has 0 aromatic heterocycles. The topological polar surface area (TPSA) is 20.2 Å². The highest BCUT2D eigenvalue weighted by Gasteiger charge is 1.72. The average molecular weight is 74.1 g/mol. The van der Waals surface area contributed by atoms with Crippen molar-refractivity contribution in [3.05, 3.63) is 0 Å². The second kappa shape index (κ2) is 1.78. The Morgan fingerprint density at radius 2 is 2.00 bits per heavy atom. The fourth-order valence-corrected chi connectivity index (χ4v) is 0. The molecule has 0 aliphatic rings. The van der Waals surface area contributed by atoms with E-state index in [1.165, 1.54) is 0 Å². The van der Waals surface area contributed by atoms with Crippen molar-refractivity contribution in [2.75, 3.05) is 0 Å². The standard InChI is InChI=1S/C2H5O.Al.2H/c1-2-3;;;/h2-3H,1H3;;;. The van der Waals surface area contributed by atoms with Gasteiger partial charge in [0.15, 0.2) is 0 Å². The van der Waals surface area contributed by atoms with Crippen LogP contribution in [0.15, 0.2) is 0 Å². The molecule has 24 valence electrons. The Balaban J connectivity index is 2.32. The molecule has 0 fully saturated rings. The number of rotatable bonds is 0. The fraction of sp³-hybridized carbons (Fsp3) is 1.00. The molecule has 0 radical (unpaired) electrons. The summed E-state index contributed by atoms with van der Waals surface area (Å²) in [7, 11) is 0. The Morgan fingerprint density at radius 3 is 2.00 bits per heavy atom. The molecular weight excluding hydrogens is 67.0 g/mol. The molecule has 0 aliphatic carbocycles. The van der Waals surface area contributed by atoms with Crippen LogP contribution in [0.2, 0.25) is 0 Å². The minimum Gasteiger partial charge on any atom is -0.409 e. The highest BCUT2D eigenvalue weighted by atomic mass is 27.0. The first-order valence-corrected chi connectivity index (χ1v) is 2.57. The lowest BCUT2D eigenvalue weighted by atomic mass is 10.9. The van der Waals surface area contributed by atoms with Gasteiger partial charge in [0, 0.05) is 0 Å². The van der Waals surface area contributed by atoms with E-state index in [9.17, 15) is 0 Å². The molecule has 0 aromatic rings. The molecule has 0 spiro atoms. The van der Waals surface area contributed by atoms with E-state index in [1.54, 1.807) is 6.92 Å². The highest BCUT2D eigenvalue weighted by Crippen LogP contribution is 1.56. The number of hydrogen-bond acceptors (Lipinski definition) is 1. The average Bonchev–Trinajstić information content (AvgIpc) is 0.811. The molecule has 0 bridgehead atoms. The van der Waals surface area contributed by atoms with Gasteiger partial charge < -0.3 is 5.11 Å². The third kappa shape index (κ3) is 22.9. The molecule has 1 N–H and O–H groups in total. The predicted molar refractivity (Wildman–Crippen MR) is 20.2 cm³/mol. The van der Waals surface area contributed by atoms with Crippen LogP contribution in [0.25, 0.3) is 0 Å². The summed E-state index contributed by atoms with van der Waals surface area (Å²) in [4.78, 5) is -0.0278. The van der Waals surface area contributed by atoms with E-state index in [4.69, 9.17) is 5.11 Å². The molecule has 1 nitrogen and oxygen atoms in total. The SMILES string of the molecule is C[CH](O)[AlH2]. The normalized spacial score (nSPS) is 15.5. The lowest BCUT2D eigenvalue weighted by molar-refractivity contribution is 0.276. The van der Waals surface area contributed by atoms with Crippen LogP contribution in [0.5, 0.6) is 0 Å². The van der Waals surface area contributed by atoms with Gasteiger partial charge in [0.2, 0.25) is 0 Å². The summed E-state index contributed by atoms with van der Waals surface area (Å²) >= 11 is 0.904. The highest BCUT2D eigenvalue weighted by molar-refractivity contribution is 6.10. The van der Waals surface area contributed by atoms with Crippen LogP contribution in [0.3, 0.4) is 0 Å². The second-order valence-electron chi connectivity index (χ2n) is 1.09. The number of aliphatic hydroxyl groups is 1. The van der Waals surface area contributed by atoms with Gasteiger partial charge in [-0.25, -0.2) is 0 Å². The van der Waals surface area contributed by atoms with Crippen molar-refractivity contribution in [3.63, 3.8) is 0 Å². The van der Waals surface area contributed by atoms with Gasteiger partial charge >= 0.3 is 0 Å². The minimum atomic E-state index is -0.0278. The van der Waals surface area contributed by atoms with Crippen LogP contribution < -0.4 is 0 Å². The zero-order valence-electron chi connectivity index (χ0n) is 3.02. The van der Waals surface area contributed by atoms with Crippen molar-refractivity contribution in [2.24, 2.45) is 0 Å². The zero-order chi connectivity index (χ0) is 3.58.